The minimum Gasteiger partial charge on any atom is -0.477 e. The fourth-order valence-electron chi connectivity index (χ4n) is 0.230. The normalized spacial score (nSPS) is 10.3. The van der Waals surface area contributed by atoms with Gasteiger partial charge in [0.1, 0.15) is 0 Å². The molecule has 6 heteroatoms. The van der Waals surface area contributed by atoms with E-state index in [1.165, 1.54) is 0 Å². The van der Waals surface area contributed by atoms with E-state index in [2.05, 4.69) is 9.73 Å². The van der Waals surface area contributed by atoms with Gasteiger partial charge in [0.05, 0.1) is 0 Å². The van der Waals surface area contributed by atoms with Gasteiger partial charge in [-0.1, -0.05) is 0 Å². The molecule has 0 spiro atoms. The van der Waals surface area contributed by atoms with E-state index in [-0.39, 0.29) is 0 Å². The number of nitriles is 1. The summed E-state index contributed by atoms with van der Waals surface area (Å²) in [4.78, 5) is 22.0. The smallest absolute Gasteiger partial charge is 0.370 e. The first-order valence-corrected chi connectivity index (χ1v) is 2.07. The first-order valence-electron chi connectivity index (χ1n) is 2.07. The molecule has 0 rings (SSSR count). The minimum absolute atomic E-state index is 0.952. The number of nitrogens with zero attached hydrogens (tertiary/aromatic N) is 2. The number of carboxylic acid groups (broad SMARTS) is 1. The van der Waals surface area contributed by atoms with Gasteiger partial charge >= 0.3 is 12.2 Å². The number of carbonyl (C=O) groups is 1. The lowest BCUT2D eigenvalue weighted by atomic mass is 10.6. The maximum Gasteiger partial charge on any atom is 0.370 e. The lowest BCUT2D eigenvalue weighted by molar-refractivity contribution is -0.145. The molecule has 0 heterocycles. The van der Waals surface area contributed by atoms with Gasteiger partial charge in [-0.25, -0.2) is 9.59 Å². The molecule has 0 amide bonds. The van der Waals surface area contributed by atoms with Gasteiger partial charge in [0.2, 0.25) is 6.08 Å². The standard InChI is InChI=1S/C4H2N2O4/c5-1-10-3(4(8)9)6-2-7/h3H,(H,8,9). The Morgan fingerprint density at radius 1 is 1.80 bits per heavy atom. The highest BCUT2D eigenvalue weighted by Gasteiger charge is 2.16. The number of carboxylic acids is 1. The van der Waals surface area contributed by atoms with E-state index < -0.39 is 12.2 Å². The molecule has 6 nitrogen and oxygen atoms in total. The third kappa shape index (κ3) is 2.45. The quantitative estimate of drug-likeness (QED) is 0.317. The summed E-state index contributed by atoms with van der Waals surface area (Å²) in [6, 6.07) is 0. The van der Waals surface area contributed by atoms with E-state index >= 15 is 0 Å². The van der Waals surface area contributed by atoms with Gasteiger partial charge in [-0.05, 0) is 0 Å². The second-order valence-corrected chi connectivity index (χ2v) is 1.12. The van der Waals surface area contributed by atoms with Gasteiger partial charge in [-0.3, -0.25) is 0 Å². The molecule has 10 heavy (non-hydrogen) atoms. The maximum atomic E-state index is 9.93. The molecule has 52 valence electrons. The van der Waals surface area contributed by atoms with E-state index in [9.17, 15) is 9.59 Å². The monoisotopic (exact) mass is 142 g/mol. The number of hydrogen-bond acceptors (Lipinski definition) is 5. The summed E-state index contributed by atoms with van der Waals surface area (Å²) in [6.45, 7) is 0. The Kier molecular flexibility index (Phi) is 3.31. The molecular weight excluding hydrogens is 140 g/mol. The van der Waals surface area contributed by atoms with Crippen molar-refractivity contribution >= 4 is 12.0 Å². The van der Waals surface area contributed by atoms with Crippen molar-refractivity contribution in [2.45, 2.75) is 6.23 Å². The van der Waals surface area contributed by atoms with Crippen molar-refractivity contribution < 1.29 is 19.4 Å². The molecule has 0 aromatic rings. The molecule has 0 saturated carbocycles. The number of isocyanates is 1. The molecule has 0 aliphatic rings. The molecule has 0 saturated heterocycles. The van der Waals surface area contributed by atoms with E-state index in [4.69, 9.17) is 10.4 Å². The summed E-state index contributed by atoms with van der Waals surface area (Å²) < 4.78 is 3.82. The van der Waals surface area contributed by atoms with Crippen LogP contribution in [0.5, 0.6) is 0 Å². The summed E-state index contributed by atoms with van der Waals surface area (Å²) in [7, 11) is 0. The summed E-state index contributed by atoms with van der Waals surface area (Å²) >= 11 is 0. The lowest BCUT2D eigenvalue weighted by Gasteiger charge is -1.97. The van der Waals surface area contributed by atoms with Crippen LogP contribution in [0.3, 0.4) is 0 Å². The van der Waals surface area contributed by atoms with E-state index in [1.54, 1.807) is 0 Å². The number of carbonyl (C=O) groups excluding carboxylic acids is 1. The zero-order valence-electron chi connectivity index (χ0n) is 4.64. The maximum absolute atomic E-state index is 9.93. The summed E-state index contributed by atoms with van der Waals surface area (Å²) in [5.74, 6) is -1.51. The molecular formula is C4H2N2O4. The molecule has 0 aliphatic carbocycles. The van der Waals surface area contributed by atoms with Crippen molar-refractivity contribution in [3.63, 3.8) is 0 Å². The highest BCUT2D eigenvalue weighted by atomic mass is 16.5. The van der Waals surface area contributed by atoms with Crippen molar-refractivity contribution in [3.8, 4) is 6.26 Å². The molecule has 0 aliphatic heterocycles. The largest absolute Gasteiger partial charge is 0.477 e. The van der Waals surface area contributed by atoms with Crippen LogP contribution in [0.2, 0.25) is 0 Å². The Bertz CT molecular complexity index is 210. The van der Waals surface area contributed by atoms with E-state index in [1.807, 2.05) is 0 Å². The fraction of sp³-hybridized carbons (Fsp3) is 0.250. The topological polar surface area (TPSA) is 99.8 Å². The van der Waals surface area contributed by atoms with Crippen LogP contribution in [0.4, 0.5) is 0 Å². The molecule has 0 aromatic heterocycles. The Labute approximate surface area is 55.4 Å². The molecule has 0 fully saturated rings. The average Bonchev–Trinajstić information content (AvgIpc) is 1.87. The molecule has 1 N–H and O–H groups in total. The van der Waals surface area contributed by atoms with Crippen LogP contribution in [0.25, 0.3) is 0 Å². The summed E-state index contributed by atoms with van der Waals surface area (Å²) in [5.41, 5.74) is 0. The molecule has 0 radical (unpaired) electrons. The Morgan fingerprint density at radius 2 is 2.40 bits per heavy atom. The minimum atomic E-state index is -1.76. The highest BCUT2D eigenvalue weighted by molar-refractivity contribution is 5.73. The Morgan fingerprint density at radius 3 is 2.70 bits per heavy atom. The van der Waals surface area contributed by atoms with Crippen molar-refractivity contribution in [1.82, 2.24) is 0 Å². The number of ether oxygens (including phenoxy) is 1. The van der Waals surface area contributed by atoms with E-state index in [0.29, 0.717) is 0 Å². The van der Waals surface area contributed by atoms with Gasteiger partial charge in [-0.15, -0.1) is 4.99 Å². The van der Waals surface area contributed by atoms with Crippen LogP contribution in [0.15, 0.2) is 4.99 Å². The number of aliphatic imine (C=N–C) groups is 1. The van der Waals surface area contributed by atoms with Crippen LogP contribution in [-0.4, -0.2) is 23.4 Å². The predicted molar refractivity (Wildman–Crippen MR) is 26.2 cm³/mol. The van der Waals surface area contributed by atoms with Crippen LogP contribution in [0, 0.1) is 11.5 Å². The van der Waals surface area contributed by atoms with Gasteiger partial charge in [0.25, 0.3) is 6.26 Å². The fourth-order valence-corrected chi connectivity index (χ4v) is 0.230. The van der Waals surface area contributed by atoms with Crippen LogP contribution in [0.1, 0.15) is 0 Å². The summed E-state index contributed by atoms with van der Waals surface area (Å²) in [5, 5.41) is 15.9. The van der Waals surface area contributed by atoms with Gasteiger partial charge in [0.15, 0.2) is 0 Å². The molecule has 0 aromatic carbocycles. The van der Waals surface area contributed by atoms with Crippen molar-refractivity contribution in [2.24, 2.45) is 4.99 Å². The molecule has 1 atom stereocenters. The van der Waals surface area contributed by atoms with Crippen molar-refractivity contribution in [1.29, 1.82) is 5.26 Å². The van der Waals surface area contributed by atoms with Crippen molar-refractivity contribution in [2.75, 3.05) is 0 Å². The van der Waals surface area contributed by atoms with Gasteiger partial charge in [0, 0.05) is 0 Å². The third-order valence-corrected chi connectivity index (χ3v) is 0.546. The Hall–Kier alpha value is -1.86. The first-order chi connectivity index (χ1) is 4.72. The van der Waals surface area contributed by atoms with Crippen LogP contribution < -0.4 is 0 Å². The van der Waals surface area contributed by atoms with Crippen LogP contribution in [-0.2, 0) is 14.3 Å². The predicted octanol–water partition coefficient (Wildman–Crippen LogP) is -0.769. The number of rotatable bonds is 3. The second kappa shape index (κ2) is 4.06. The van der Waals surface area contributed by atoms with E-state index in [0.717, 1.165) is 12.3 Å². The number of hydrogen-bond donors (Lipinski definition) is 1. The van der Waals surface area contributed by atoms with Crippen molar-refractivity contribution in [3.05, 3.63) is 0 Å². The number of aliphatic carboxylic acids is 1. The summed E-state index contributed by atoms with van der Waals surface area (Å²) in [6.07, 6.45) is 0.271. The lowest BCUT2D eigenvalue weighted by Crippen LogP contribution is -2.18. The highest BCUT2D eigenvalue weighted by Crippen LogP contribution is 1.90. The average molecular weight is 142 g/mol. The zero-order valence-corrected chi connectivity index (χ0v) is 4.64. The zero-order chi connectivity index (χ0) is 7.98. The molecule has 0 bridgehead atoms. The second-order valence-electron chi connectivity index (χ2n) is 1.12. The van der Waals surface area contributed by atoms with Gasteiger partial charge in [-0.2, -0.15) is 5.26 Å². The first kappa shape index (κ1) is 8.14. The SMILES string of the molecule is N#COC(N=C=O)C(=O)O. The van der Waals surface area contributed by atoms with Crippen LogP contribution >= 0.6 is 0 Å². The third-order valence-electron chi connectivity index (χ3n) is 0.546. The Balaban J connectivity index is 4.14. The molecule has 1 unspecified atom stereocenters. The van der Waals surface area contributed by atoms with Gasteiger partial charge < -0.3 is 9.84 Å².